The van der Waals surface area contributed by atoms with Crippen LogP contribution in [0.25, 0.3) is 0 Å². The van der Waals surface area contributed by atoms with Gasteiger partial charge in [-0.3, -0.25) is 4.79 Å². The van der Waals surface area contributed by atoms with E-state index in [1.807, 2.05) is 34.6 Å². The van der Waals surface area contributed by atoms with Crippen molar-refractivity contribution in [1.82, 2.24) is 0 Å². The lowest BCUT2D eigenvalue weighted by atomic mass is 10.2. The van der Waals surface area contributed by atoms with Gasteiger partial charge in [0.1, 0.15) is 11.4 Å². The van der Waals surface area contributed by atoms with Gasteiger partial charge in [0.25, 0.3) is 0 Å². The Morgan fingerprint density at radius 3 is 2.00 bits per heavy atom. The monoisotopic (exact) mass is 424 g/mol. The van der Waals surface area contributed by atoms with E-state index in [4.69, 9.17) is 22.8 Å². The smallest absolute Gasteiger partial charge is 0.462 e. The van der Waals surface area contributed by atoms with Gasteiger partial charge in [0, 0.05) is 32.5 Å². The van der Waals surface area contributed by atoms with Crippen molar-refractivity contribution >= 4 is 26.5 Å². The van der Waals surface area contributed by atoms with Gasteiger partial charge in [0.15, 0.2) is 0 Å². The molecule has 0 aliphatic carbocycles. The first kappa shape index (κ1) is 26.9. The van der Waals surface area contributed by atoms with E-state index >= 15 is 0 Å². The lowest BCUT2D eigenvalue weighted by molar-refractivity contribution is -0.147. The van der Waals surface area contributed by atoms with E-state index in [2.05, 4.69) is 6.92 Å². The Balaban J connectivity index is 4.24. The molecular weight excluding hydrogens is 384 g/mol. The van der Waals surface area contributed by atoms with Crippen molar-refractivity contribution in [3.05, 3.63) is 0 Å². The van der Waals surface area contributed by atoms with Gasteiger partial charge in [-0.15, -0.1) is 11.8 Å². The van der Waals surface area contributed by atoms with Crippen LogP contribution < -0.4 is 0 Å². The minimum absolute atomic E-state index is 0.200. The molecule has 0 spiro atoms. The Bertz CT molecular complexity index is 364. The van der Waals surface area contributed by atoms with Crippen molar-refractivity contribution in [2.75, 3.05) is 45.4 Å². The largest absolute Gasteiger partial charge is 0.500 e. The van der Waals surface area contributed by atoms with Gasteiger partial charge >= 0.3 is 14.8 Å². The maximum atomic E-state index is 12.3. The van der Waals surface area contributed by atoms with Crippen molar-refractivity contribution in [3.8, 4) is 0 Å². The molecular formula is C19H40O6SSi. The first-order chi connectivity index (χ1) is 12.9. The molecule has 6 nitrogen and oxygen atoms in total. The first-order valence-electron chi connectivity index (χ1n) is 10.2. The van der Waals surface area contributed by atoms with Gasteiger partial charge in [0.2, 0.25) is 0 Å². The molecule has 0 heterocycles. The fourth-order valence-electron chi connectivity index (χ4n) is 2.39. The zero-order chi connectivity index (χ0) is 20.6. The highest BCUT2D eigenvalue weighted by molar-refractivity contribution is 8.01. The summed E-state index contributed by atoms with van der Waals surface area (Å²) in [5, 5.41) is 0. The minimum atomic E-state index is -2.60. The summed E-state index contributed by atoms with van der Waals surface area (Å²) in [6, 6.07) is 0.756. The molecule has 0 saturated carbocycles. The van der Waals surface area contributed by atoms with Gasteiger partial charge < -0.3 is 22.8 Å². The topological polar surface area (TPSA) is 63.2 Å². The molecule has 0 atom stereocenters. The van der Waals surface area contributed by atoms with Crippen LogP contribution in [-0.2, 0) is 27.5 Å². The van der Waals surface area contributed by atoms with Crippen molar-refractivity contribution in [1.29, 1.82) is 0 Å². The van der Waals surface area contributed by atoms with Gasteiger partial charge in [0.05, 0.1) is 6.61 Å². The van der Waals surface area contributed by atoms with Gasteiger partial charge in [-0.2, -0.15) is 0 Å². The number of rotatable bonds is 18. The van der Waals surface area contributed by atoms with E-state index in [1.165, 1.54) is 0 Å². The number of carbonyl (C=O) groups is 1. The van der Waals surface area contributed by atoms with Crippen LogP contribution in [0.1, 0.15) is 60.8 Å². The molecule has 162 valence electrons. The van der Waals surface area contributed by atoms with Crippen LogP contribution in [0.15, 0.2) is 0 Å². The third-order valence-corrected chi connectivity index (χ3v) is 8.31. The number of thioether (sulfide) groups is 1. The predicted molar refractivity (Wildman–Crippen MR) is 113 cm³/mol. The Morgan fingerprint density at radius 1 is 0.889 bits per heavy atom. The zero-order valence-electron chi connectivity index (χ0n) is 18.1. The molecule has 0 aromatic heterocycles. The highest BCUT2D eigenvalue weighted by Crippen LogP contribution is 2.28. The Kier molecular flexibility index (Phi) is 15.7. The van der Waals surface area contributed by atoms with E-state index in [0.29, 0.717) is 33.0 Å². The van der Waals surface area contributed by atoms with Crippen LogP contribution in [-0.4, -0.2) is 64.9 Å². The summed E-state index contributed by atoms with van der Waals surface area (Å²) >= 11 is 1.59. The average Bonchev–Trinajstić information content (AvgIpc) is 2.62. The zero-order valence-corrected chi connectivity index (χ0v) is 20.0. The molecule has 0 aromatic carbocycles. The number of hydrogen-bond donors (Lipinski definition) is 0. The second-order valence-corrected chi connectivity index (χ2v) is 11.0. The van der Waals surface area contributed by atoms with E-state index in [9.17, 15) is 4.79 Å². The maximum absolute atomic E-state index is 12.3. The highest BCUT2D eigenvalue weighted by atomic mass is 32.2. The number of carbonyl (C=O) groups excluding carboxylic acids is 1. The normalized spacial score (nSPS) is 12.4. The van der Waals surface area contributed by atoms with Crippen LogP contribution >= 0.6 is 11.8 Å². The Labute approximate surface area is 171 Å². The minimum Gasteiger partial charge on any atom is -0.462 e. The van der Waals surface area contributed by atoms with E-state index in [0.717, 1.165) is 37.7 Å². The third kappa shape index (κ3) is 12.1. The molecule has 0 rings (SSSR count). The molecule has 0 amide bonds. The highest BCUT2D eigenvalue weighted by Gasteiger charge is 2.40. The van der Waals surface area contributed by atoms with Crippen LogP contribution in [0.5, 0.6) is 0 Å². The standard InChI is InChI=1S/C19H40O6SSi/c1-7-11-13-21-14-15-22-18(20)19(5,6)26-16-12-17-27(23-8-2,24-9-3)25-10-4/h7-17H2,1-6H3. The average molecular weight is 425 g/mol. The fraction of sp³-hybridized carbons (Fsp3) is 0.947. The molecule has 0 N–H and O–H groups in total. The summed E-state index contributed by atoms with van der Waals surface area (Å²) in [4.78, 5) is 12.3. The second-order valence-electron chi connectivity index (χ2n) is 6.55. The molecule has 0 aliphatic rings. The van der Waals surface area contributed by atoms with E-state index in [-0.39, 0.29) is 5.97 Å². The SMILES string of the molecule is CCCCOCCOC(=O)C(C)(C)SCCC[Si](OCC)(OCC)OCC. The predicted octanol–water partition coefficient (Wildman–Crippen LogP) is 4.30. The Morgan fingerprint density at radius 2 is 1.48 bits per heavy atom. The molecule has 0 aliphatic heterocycles. The number of hydrogen-bond acceptors (Lipinski definition) is 7. The van der Waals surface area contributed by atoms with E-state index in [1.54, 1.807) is 11.8 Å². The summed E-state index contributed by atoms with van der Waals surface area (Å²) < 4.78 is 27.8. The summed E-state index contributed by atoms with van der Waals surface area (Å²) in [5.74, 6) is 0.617. The Hall–Kier alpha value is -0.123. The first-order valence-corrected chi connectivity index (χ1v) is 13.1. The number of ether oxygens (including phenoxy) is 2. The van der Waals surface area contributed by atoms with E-state index < -0.39 is 13.6 Å². The van der Waals surface area contributed by atoms with Crippen molar-refractivity contribution in [2.24, 2.45) is 0 Å². The van der Waals surface area contributed by atoms with Crippen LogP contribution in [0.2, 0.25) is 6.04 Å². The molecule has 0 aromatic rings. The van der Waals surface area contributed by atoms with Gasteiger partial charge in [-0.05, 0) is 53.2 Å². The van der Waals surface area contributed by atoms with Crippen molar-refractivity contribution in [2.45, 2.75) is 71.6 Å². The maximum Gasteiger partial charge on any atom is 0.500 e. The summed E-state index contributed by atoms with van der Waals surface area (Å²) in [6.45, 7) is 15.0. The third-order valence-electron chi connectivity index (χ3n) is 3.78. The number of unbranched alkanes of at least 4 members (excludes halogenated alkanes) is 1. The molecule has 0 fully saturated rings. The number of esters is 1. The molecule has 0 radical (unpaired) electrons. The lowest BCUT2D eigenvalue weighted by Gasteiger charge is -2.29. The van der Waals surface area contributed by atoms with Crippen molar-refractivity contribution in [3.63, 3.8) is 0 Å². The van der Waals surface area contributed by atoms with Crippen LogP contribution in [0, 0.1) is 0 Å². The molecule has 0 saturated heterocycles. The lowest BCUT2D eigenvalue weighted by Crippen LogP contribution is -2.46. The molecule has 8 heteroatoms. The summed E-state index contributed by atoms with van der Waals surface area (Å²) in [5.41, 5.74) is 0. The van der Waals surface area contributed by atoms with Crippen LogP contribution in [0.4, 0.5) is 0 Å². The fourth-order valence-corrected chi connectivity index (χ4v) is 6.24. The van der Waals surface area contributed by atoms with Gasteiger partial charge in [-0.25, -0.2) is 0 Å². The summed E-state index contributed by atoms with van der Waals surface area (Å²) in [6.07, 6.45) is 3.00. The van der Waals surface area contributed by atoms with Crippen molar-refractivity contribution < 1.29 is 27.5 Å². The van der Waals surface area contributed by atoms with Gasteiger partial charge in [-0.1, -0.05) is 13.3 Å². The molecule has 0 unspecified atom stereocenters. The summed E-state index contributed by atoms with van der Waals surface area (Å²) in [7, 11) is -2.60. The van der Waals surface area contributed by atoms with Crippen LogP contribution in [0.3, 0.4) is 0 Å². The quantitative estimate of drug-likeness (QED) is 0.185. The molecule has 0 bridgehead atoms. The second kappa shape index (κ2) is 15.8. The molecule has 27 heavy (non-hydrogen) atoms.